The highest BCUT2D eigenvalue weighted by Crippen LogP contribution is 2.29. The predicted molar refractivity (Wildman–Crippen MR) is 76.7 cm³/mol. The summed E-state index contributed by atoms with van der Waals surface area (Å²) in [5.74, 6) is 0. The maximum absolute atomic E-state index is 4.39. The molecule has 1 unspecified atom stereocenters. The lowest BCUT2D eigenvalue weighted by Crippen LogP contribution is -2.49. The first kappa shape index (κ1) is 15.2. The van der Waals surface area contributed by atoms with Gasteiger partial charge in [0.25, 0.3) is 0 Å². The van der Waals surface area contributed by atoms with Crippen molar-refractivity contribution >= 4 is 0 Å². The molecule has 0 radical (unpaired) electrons. The Morgan fingerprint density at radius 3 is 2.50 bits per heavy atom. The highest BCUT2D eigenvalue weighted by atomic mass is 15.3. The molecule has 0 saturated carbocycles. The fraction of sp³-hybridized carbons (Fsp3) is 0.786. The molecule has 1 aromatic heterocycles. The van der Waals surface area contributed by atoms with Gasteiger partial charge in [0, 0.05) is 23.8 Å². The molecule has 0 bridgehead atoms. The summed E-state index contributed by atoms with van der Waals surface area (Å²) in [6.07, 6.45) is 5.28. The van der Waals surface area contributed by atoms with E-state index in [1.54, 1.807) is 0 Å². The summed E-state index contributed by atoms with van der Waals surface area (Å²) in [7, 11) is 4.26. The predicted octanol–water partition coefficient (Wildman–Crippen LogP) is 2.28. The Balaban J connectivity index is 2.97. The van der Waals surface area contributed by atoms with E-state index in [0.29, 0.717) is 6.04 Å². The number of hydrogen-bond donors (Lipinski definition) is 1. The van der Waals surface area contributed by atoms with Crippen molar-refractivity contribution in [3.63, 3.8) is 0 Å². The highest BCUT2D eigenvalue weighted by molar-refractivity contribution is 5.16. The Kier molecular flexibility index (Phi) is 5.35. The molecular formula is C14H28N4. The summed E-state index contributed by atoms with van der Waals surface area (Å²) in [5, 5.41) is 8.04. The maximum atomic E-state index is 4.39. The monoisotopic (exact) mass is 252 g/mol. The molecule has 0 fully saturated rings. The molecule has 1 atom stereocenters. The van der Waals surface area contributed by atoms with Gasteiger partial charge in [0.1, 0.15) is 0 Å². The first-order chi connectivity index (χ1) is 8.43. The molecule has 4 heteroatoms. The number of rotatable bonds is 7. The van der Waals surface area contributed by atoms with Gasteiger partial charge in [-0.1, -0.05) is 6.92 Å². The lowest BCUT2D eigenvalue weighted by molar-refractivity contribution is 0.138. The Morgan fingerprint density at radius 2 is 2.06 bits per heavy atom. The van der Waals surface area contributed by atoms with Crippen LogP contribution >= 0.6 is 0 Å². The third-order valence-electron chi connectivity index (χ3n) is 3.77. The second-order valence-corrected chi connectivity index (χ2v) is 5.56. The summed E-state index contributed by atoms with van der Waals surface area (Å²) in [6.45, 7) is 10.8. The van der Waals surface area contributed by atoms with Crippen LogP contribution in [0.15, 0.2) is 12.4 Å². The van der Waals surface area contributed by atoms with Gasteiger partial charge in [0.2, 0.25) is 0 Å². The van der Waals surface area contributed by atoms with Crippen LogP contribution in [0.1, 0.15) is 45.7 Å². The molecule has 1 N–H and O–H groups in total. The smallest absolute Gasteiger partial charge is 0.0538 e. The van der Waals surface area contributed by atoms with Gasteiger partial charge in [0.15, 0.2) is 0 Å². The zero-order valence-corrected chi connectivity index (χ0v) is 12.7. The fourth-order valence-electron chi connectivity index (χ4n) is 2.02. The van der Waals surface area contributed by atoms with Crippen molar-refractivity contribution in [2.45, 2.75) is 52.2 Å². The second-order valence-electron chi connectivity index (χ2n) is 5.56. The van der Waals surface area contributed by atoms with Crippen LogP contribution in [0.25, 0.3) is 0 Å². The standard InChI is InChI=1S/C14H28N4/c1-7-9-15-13(14(3,4)17(5)6)12-10-16-18(8-2)11-12/h10-11,13,15H,7-9H2,1-6H3. The van der Waals surface area contributed by atoms with Crippen molar-refractivity contribution in [2.75, 3.05) is 20.6 Å². The van der Waals surface area contributed by atoms with Crippen molar-refractivity contribution in [1.82, 2.24) is 20.0 Å². The minimum Gasteiger partial charge on any atom is -0.308 e. The maximum Gasteiger partial charge on any atom is 0.0538 e. The first-order valence-corrected chi connectivity index (χ1v) is 6.86. The lowest BCUT2D eigenvalue weighted by atomic mass is 9.89. The Bertz CT molecular complexity index is 354. The molecule has 1 heterocycles. The second kappa shape index (κ2) is 6.34. The number of likely N-dealkylation sites (N-methyl/N-ethyl adjacent to an activating group) is 1. The van der Waals surface area contributed by atoms with Gasteiger partial charge in [-0.3, -0.25) is 4.68 Å². The van der Waals surface area contributed by atoms with Crippen LogP contribution in [0.4, 0.5) is 0 Å². The zero-order chi connectivity index (χ0) is 13.8. The third kappa shape index (κ3) is 3.33. The largest absolute Gasteiger partial charge is 0.308 e. The van der Waals surface area contributed by atoms with Gasteiger partial charge in [-0.05, 0) is 47.8 Å². The van der Waals surface area contributed by atoms with Gasteiger partial charge >= 0.3 is 0 Å². The molecule has 104 valence electrons. The zero-order valence-electron chi connectivity index (χ0n) is 12.7. The summed E-state index contributed by atoms with van der Waals surface area (Å²) in [4.78, 5) is 2.27. The molecule has 1 rings (SSSR count). The van der Waals surface area contributed by atoms with E-state index in [9.17, 15) is 0 Å². The Labute approximate surface area is 111 Å². The molecule has 0 spiro atoms. The van der Waals surface area contributed by atoms with Gasteiger partial charge in [0.05, 0.1) is 12.2 Å². The average Bonchev–Trinajstić information content (AvgIpc) is 2.77. The summed E-state index contributed by atoms with van der Waals surface area (Å²) in [5.41, 5.74) is 1.32. The molecule has 0 saturated heterocycles. The van der Waals surface area contributed by atoms with Crippen molar-refractivity contribution in [2.24, 2.45) is 0 Å². The average molecular weight is 252 g/mol. The molecular weight excluding hydrogens is 224 g/mol. The van der Waals surface area contributed by atoms with Crippen molar-refractivity contribution < 1.29 is 0 Å². The molecule has 0 aliphatic carbocycles. The van der Waals surface area contributed by atoms with E-state index in [4.69, 9.17) is 0 Å². The fourth-order valence-corrected chi connectivity index (χ4v) is 2.02. The number of nitrogens with zero attached hydrogens (tertiary/aromatic N) is 3. The van der Waals surface area contributed by atoms with Gasteiger partial charge in [-0.15, -0.1) is 0 Å². The van der Waals surface area contributed by atoms with Gasteiger partial charge in [-0.2, -0.15) is 5.10 Å². The van der Waals surface area contributed by atoms with E-state index in [-0.39, 0.29) is 5.54 Å². The van der Waals surface area contributed by atoms with Gasteiger partial charge < -0.3 is 10.2 Å². The van der Waals surface area contributed by atoms with E-state index in [1.807, 2.05) is 10.9 Å². The summed E-state index contributed by atoms with van der Waals surface area (Å²) >= 11 is 0. The van der Waals surface area contributed by atoms with Crippen LogP contribution in [0.5, 0.6) is 0 Å². The minimum absolute atomic E-state index is 0.0524. The minimum atomic E-state index is 0.0524. The van der Waals surface area contributed by atoms with Crippen molar-refractivity contribution in [1.29, 1.82) is 0 Å². The van der Waals surface area contributed by atoms with E-state index >= 15 is 0 Å². The third-order valence-corrected chi connectivity index (χ3v) is 3.77. The molecule has 0 amide bonds. The Morgan fingerprint density at radius 1 is 1.39 bits per heavy atom. The topological polar surface area (TPSA) is 33.1 Å². The molecule has 4 nitrogen and oxygen atoms in total. The molecule has 0 aliphatic heterocycles. The van der Waals surface area contributed by atoms with Crippen LogP contribution in [0.3, 0.4) is 0 Å². The van der Waals surface area contributed by atoms with E-state index in [2.05, 4.69) is 63.3 Å². The molecule has 18 heavy (non-hydrogen) atoms. The molecule has 1 aromatic rings. The highest BCUT2D eigenvalue weighted by Gasteiger charge is 2.33. The molecule has 0 aliphatic rings. The van der Waals surface area contributed by atoms with E-state index in [1.165, 1.54) is 5.56 Å². The number of aromatic nitrogens is 2. The van der Waals surface area contributed by atoms with Crippen LogP contribution in [-0.4, -0.2) is 40.9 Å². The van der Waals surface area contributed by atoms with Crippen LogP contribution < -0.4 is 5.32 Å². The summed E-state index contributed by atoms with van der Waals surface area (Å²) < 4.78 is 1.99. The first-order valence-electron chi connectivity index (χ1n) is 6.86. The van der Waals surface area contributed by atoms with Crippen LogP contribution in [-0.2, 0) is 6.54 Å². The Hall–Kier alpha value is -0.870. The van der Waals surface area contributed by atoms with E-state index in [0.717, 1.165) is 19.5 Å². The number of nitrogens with one attached hydrogen (secondary N) is 1. The SMILES string of the molecule is CCCNC(c1cnn(CC)c1)C(C)(C)N(C)C. The van der Waals surface area contributed by atoms with Crippen LogP contribution in [0.2, 0.25) is 0 Å². The lowest BCUT2D eigenvalue weighted by Gasteiger charge is -2.40. The van der Waals surface area contributed by atoms with E-state index < -0.39 is 0 Å². The van der Waals surface area contributed by atoms with Crippen molar-refractivity contribution in [3.05, 3.63) is 18.0 Å². The van der Waals surface area contributed by atoms with Crippen LogP contribution in [0, 0.1) is 0 Å². The number of hydrogen-bond acceptors (Lipinski definition) is 3. The normalized spacial score (nSPS) is 14.2. The van der Waals surface area contributed by atoms with Gasteiger partial charge in [-0.25, -0.2) is 0 Å². The van der Waals surface area contributed by atoms with Crippen molar-refractivity contribution in [3.8, 4) is 0 Å². The summed E-state index contributed by atoms with van der Waals surface area (Å²) in [6, 6.07) is 0.299. The quantitative estimate of drug-likeness (QED) is 0.808. The molecule has 0 aromatic carbocycles. The number of aryl methyl sites for hydroxylation is 1.